The lowest BCUT2D eigenvalue weighted by Gasteiger charge is -2.11. The fourth-order valence-electron chi connectivity index (χ4n) is 1.22. The fraction of sp³-hybridized carbons (Fsp3) is 0.636. The normalized spacial score (nSPS) is 10.6. The van der Waals surface area contributed by atoms with Gasteiger partial charge in [0, 0.05) is 24.8 Å². The van der Waals surface area contributed by atoms with E-state index < -0.39 is 0 Å². The molecule has 2 N–H and O–H groups in total. The van der Waals surface area contributed by atoms with Gasteiger partial charge < -0.3 is 15.4 Å². The minimum Gasteiger partial charge on any atom is -0.475 e. The highest BCUT2D eigenvalue weighted by Crippen LogP contribution is 2.13. The van der Waals surface area contributed by atoms with Crippen molar-refractivity contribution in [1.82, 2.24) is 15.3 Å². The SMILES string of the molecule is CNCCNc1nc(C)cc(OC(C)C)n1. The van der Waals surface area contributed by atoms with Crippen LogP contribution in [0.3, 0.4) is 0 Å². The summed E-state index contributed by atoms with van der Waals surface area (Å²) in [5.41, 5.74) is 0.901. The van der Waals surface area contributed by atoms with E-state index in [4.69, 9.17) is 4.74 Å². The molecule has 5 nitrogen and oxygen atoms in total. The van der Waals surface area contributed by atoms with Crippen molar-refractivity contribution >= 4 is 5.95 Å². The molecule has 0 spiro atoms. The number of aryl methyl sites for hydroxylation is 1. The molecule has 1 rings (SSSR count). The Bertz CT molecular complexity index is 328. The molecule has 0 fully saturated rings. The Morgan fingerprint density at radius 2 is 2.06 bits per heavy atom. The molecule has 16 heavy (non-hydrogen) atoms. The number of ether oxygens (including phenoxy) is 1. The zero-order valence-electron chi connectivity index (χ0n) is 10.4. The van der Waals surface area contributed by atoms with E-state index >= 15 is 0 Å². The quantitative estimate of drug-likeness (QED) is 0.711. The van der Waals surface area contributed by atoms with Crippen LogP contribution in [0.1, 0.15) is 19.5 Å². The zero-order chi connectivity index (χ0) is 12.0. The summed E-state index contributed by atoms with van der Waals surface area (Å²) in [5.74, 6) is 1.24. The summed E-state index contributed by atoms with van der Waals surface area (Å²) in [7, 11) is 1.91. The minimum atomic E-state index is 0.124. The van der Waals surface area contributed by atoms with Gasteiger partial charge in [0.15, 0.2) is 0 Å². The van der Waals surface area contributed by atoms with E-state index in [2.05, 4.69) is 20.6 Å². The third-order valence-corrected chi connectivity index (χ3v) is 1.85. The molecule has 0 unspecified atom stereocenters. The summed E-state index contributed by atoms with van der Waals surface area (Å²) in [6, 6.07) is 1.84. The molecule has 0 bridgehead atoms. The van der Waals surface area contributed by atoms with Crippen molar-refractivity contribution in [2.24, 2.45) is 0 Å². The molecule has 5 heteroatoms. The van der Waals surface area contributed by atoms with Crippen LogP contribution in [-0.2, 0) is 0 Å². The Labute approximate surface area is 96.6 Å². The van der Waals surface area contributed by atoms with Crippen LogP contribution in [0.5, 0.6) is 5.88 Å². The summed E-state index contributed by atoms with van der Waals surface area (Å²) in [6.45, 7) is 7.55. The van der Waals surface area contributed by atoms with Crippen LogP contribution in [0.25, 0.3) is 0 Å². The van der Waals surface area contributed by atoms with E-state index in [9.17, 15) is 0 Å². The maximum Gasteiger partial charge on any atom is 0.226 e. The van der Waals surface area contributed by atoms with E-state index in [1.807, 2.05) is 33.9 Å². The van der Waals surface area contributed by atoms with E-state index in [0.29, 0.717) is 11.8 Å². The molecule has 0 radical (unpaired) electrons. The molecule has 0 aliphatic carbocycles. The first-order valence-electron chi connectivity index (χ1n) is 5.52. The average Bonchev–Trinajstić information content (AvgIpc) is 2.16. The second-order valence-electron chi connectivity index (χ2n) is 3.87. The van der Waals surface area contributed by atoms with Gasteiger partial charge in [-0.1, -0.05) is 0 Å². The van der Waals surface area contributed by atoms with Gasteiger partial charge in [-0.05, 0) is 27.8 Å². The van der Waals surface area contributed by atoms with Gasteiger partial charge in [-0.15, -0.1) is 0 Å². The number of hydrogen-bond donors (Lipinski definition) is 2. The van der Waals surface area contributed by atoms with E-state index in [1.54, 1.807) is 0 Å². The molecule has 90 valence electrons. The number of nitrogens with one attached hydrogen (secondary N) is 2. The van der Waals surface area contributed by atoms with Gasteiger partial charge in [0.25, 0.3) is 0 Å². The lowest BCUT2D eigenvalue weighted by molar-refractivity contribution is 0.232. The van der Waals surface area contributed by atoms with Crippen LogP contribution in [0.4, 0.5) is 5.95 Å². The average molecular weight is 224 g/mol. The van der Waals surface area contributed by atoms with Crippen molar-refractivity contribution in [2.75, 3.05) is 25.5 Å². The van der Waals surface area contributed by atoms with E-state index in [-0.39, 0.29) is 6.10 Å². The second kappa shape index (κ2) is 6.27. The van der Waals surface area contributed by atoms with Crippen molar-refractivity contribution in [3.05, 3.63) is 11.8 Å². The van der Waals surface area contributed by atoms with Crippen LogP contribution in [0.15, 0.2) is 6.07 Å². The van der Waals surface area contributed by atoms with Gasteiger partial charge in [-0.3, -0.25) is 0 Å². The maximum absolute atomic E-state index is 5.54. The van der Waals surface area contributed by atoms with Gasteiger partial charge in [-0.2, -0.15) is 4.98 Å². The lowest BCUT2D eigenvalue weighted by Crippen LogP contribution is -2.19. The maximum atomic E-state index is 5.54. The summed E-state index contributed by atoms with van der Waals surface area (Å²) in [4.78, 5) is 8.56. The van der Waals surface area contributed by atoms with Gasteiger partial charge in [-0.25, -0.2) is 4.98 Å². The fourth-order valence-corrected chi connectivity index (χ4v) is 1.22. The molecule has 1 aromatic rings. The predicted molar refractivity (Wildman–Crippen MR) is 64.9 cm³/mol. The largest absolute Gasteiger partial charge is 0.475 e. The monoisotopic (exact) mass is 224 g/mol. The number of rotatable bonds is 6. The van der Waals surface area contributed by atoms with Crippen LogP contribution in [0, 0.1) is 6.92 Å². The third kappa shape index (κ3) is 4.44. The smallest absolute Gasteiger partial charge is 0.226 e. The molecule has 1 heterocycles. The van der Waals surface area contributed by atoms with Crippen molar-refractivity contribution < 1.29 is 4.74 Å². The van der Waals surface area contributed by atoms with Gasteiger partial charge >= 0.3 is 0 Å². The van der Waals surface area contributed by atoms with Crippen molar-refractivity contribution in [3.63, 3.8) is 0 Å². The Balaban J connectivity index is 2.65. The van der Waals surface area contributed by atoms with Crippen LogP contribution in [-0.4, -0.2) is 36.2 Å². The zero-order valence-corrected chi connectivity index (χ0v) is 10.4. The third-order valence-electron chi connectivity index (χ3n) is 1.85. The molecule has 0 saturated carbocycles. The summed E-state index contributed by atoms with van der Waals surface area (Å²) >= 11 is 0. The number of nitrogens with zero attached hydrogens (tertiary/aromatic N) is 2. The van der Waals surface area contributed by atoms with E-state index in [1.165, 1.54) is 0 Å². The van der Waals surface area contributed by atoms with Gasteiger partial charge in [0.05, 0.1) is 6.10 Å². The highest BCUT2D eigenvalue weighted by atomic mass is 16.5. The number of anilines is 1. The Morgan fingerprint density at radius 1 is 1.31 bits per heavy atom. The summed E-state index contributed by atoms with van der Waals surface area (Å²) in [6.07, 6.45) is 0.124. The predicted octanol–water partition coefficient (Wildman–Crippen LogP) is 1.20. The first-order chi connectivity index (χ1) is 7.61. The standard InChI is InChI=1S/C11H20N4O/c1-8(2)16-10-7-9(3)14-11(15-10)13-6-5-12-4/h7-8,12H,5-6H2,1-4H3,(H,13,14,15). The molecule has 0 aliphatic rings. The topological polar surface area (TPSA) is 59.1 Å². The number of aromatic nitrogens is 2. The number of likely N-dealkylation sites (N-methyl/N-ethyl adjacent to an activating group) is 1. The van der Waals surface area contributed by atoms with Crippen molar-refractivity contribution in [1.29, 1.82) is 0 Å². The Kier molecular flexibility index (Phi) is 4.98. The Morgan fingerprint density at radius 3 is 2.69 bits per heavy atom. The van der Waals surface area contributed by atoms with Crippen LogP contribution >= 0.6 is 0 Å². The molecule has 0 amide bonds. The first kappa shape index (κ1) is 12.7. The summed E-state index contributed by atoms with van der Waals surface area (Å²) in [5, 5.41) is 6.19. The molecule has 0 aromatic carbocycles. The number of hydrogen-bond acceptors (Lipinski definition) is 5. The highest BCUT2D eigenvalue weighted by molar-refractivity contribution is 5.30. The van der Waals surface area contributed by atoms with Crippen LogP contribution < -0.4 is 15.4 Å². The molecule has 1 aromatic heterocycles. The highest BCUT2D eigenvalue weighted by Gasteiger charge is 2.04. The van der Waals surface area contributed by atoms with Crippen molar-refractivity contribution in [3.8, 4) is 5.88 Å². The molecule has 0 aliphatic heterocycles. The molecule has 0 saturated heterocycles. The van der Waals surface area contributed by atoms with Crippen molar-refractivity contribution in [2.45, 2.75) is 26.9 Å². The molecular formula is C11H20N4O. The van der Waals surface area contributed by atoms with Crippen LogP contribution in [0.2, 0.25) is 0 Å². The lowest BCUT2D eigenvalue weighted by atomic mass is 10.4. The van der Waals surface area contributed by atoms with E-state index in [0.717, 1.165) is 18.8 Å². The molecule has 0 atom stereocenters. The second-order valence-corrected chi connectivity index (χ2v) is 3.87. The van der Waals surface area contributed by atoms with Gasteiger partial charge in [0.1, 0.15) is 0 Å². The van der Waals surface area contributed by atoms with Gasteiger partial charge in [0.2, 0.25) is 11.8 Å². The first-order valence-corrected chi connectivity index (χ1v) is 5.52. The Hall–Kier alpha value is -1.36. The summed E-state index contributed by atoms with van der Waals surface area (Å²) < 4.78 is 5.54. The molecular weight excluding hydrogens is 204 g/mol. The minimum absolute atomic E-state index is 0.124.